The second-order valence-corrected chi connectivity index (χ2v) is 8.59. The van der Waals surface area contributed by atoms with E-state index in [1.54, 1.807) is 24.3 Å². The summed E-state index contributed by atoms with van der Waals surface area (Å²) in [5, 5.41) is 51.9. The third-order valence-corrected chi connectivity index (χ3v) is 5.88. The predicted molar refractivity (Wildman–Crippen MR) is 151 cm³/mol. The number of rotatable bonds is 8. The molecule has 0 fully saturated rings. The van der Waals surface area contributed by atoms with Gasteiger partial charge in [-0.25, -0.2) is 4.85 Å². The molecule has 4 aromatic rings. The van der Waals surface area contributed by atoms with E-state index in [4.69, 9.17) is 6.57 Å². The van der Waals surface area contributed by atoms with Gasteiger partial charge in [0.25, 0.3) is 11.4 Å². The lowest BCUT2D eigenvalue weighted by atomic mass is 10.0. The largest absolute Gasteiger partial charge is 0.507 e. The van der Waals surface area contributed by atoms with Crippen LogP contribution in [0.15, 0.2) is 82.8 Å². The normalized spacial score (nSPS) is 10.9. The number of phenols is 2. The number of phenolic OH excluding ortho intramolecular Hbond substituents is 2. The summed E-state index contributed by atoms with van der Waals surface area (Å²) < 4.78 is 0. The quantitative estimate of drug-likeness (QED) is 0.111. The molecule has 4 rings (SSSR count). The second kappa shape index (κ2) is 12.0. The maximum absolute atomic E-state index is 11.0. The van der Waals surface area contributed by atoms with Crippen molar-refractivity contribution in [1.82, 2.24) is 0 Å². The highest BCUT2D eigenvalue weighted by atomic mass is 16.6. The van der Waals surface area contributed by atoms with Gasteiger partial charge in [0.1, 0.15) is 17.6 Å². The summed E-state index contributed by atoms with van der Waals surface area (Å²) >= 11 is 0. The lowest BCUT2D eigenvalue weighted by molar-refractivity contribution is -0.385. The van der Waals surface area contributed by atoms with Crippen molar-refractivity contribution in [2.24, 2.45) is 9.98 Å². The van der Waals surface area contributed by atoms with Crippen LogP contribution >= 0.6 is 0 Å². The van der Waals surface area contributed by atoms with Gasteiger partial charge in [-0.3, -0.25) is 30.2 Å². The maximum Gasteiger partial charge on any atom is 0.270 e. The molecule has 0 spiro atoms. The molecule has 0 aliphatic rings. The van der Waals surface area contributed by atoms with E-state index < -0.39 is 9.85 Å². The molecule has 0 amide bonds. The van der Waals surface area contributed by atoms with Crippen LogP contribution in [0.25, 0.3) is 4.85 Å². The number of nitrogens with zero attached hydrogens (tertiary/aromatic N) is 6. The molecule has 0 aliphatic heterocycles. The smallest absolute Gasteiger partial charge is 0.270 e. The molecule has 0 aromatic heterocycles. The molecule has 0 saturated heterocycles. The zero-order chi connectivity index (χ0) is 29.5. The van der Waals surface area contributed by atoms with E-state index in [0.29, 0.717) is 17.5 Å². The van der Waals surface area contributed by atoms with E-state index >= 15 is 0 Å². The number of hydrogen-bond acceptors (Lipinski definition) is 9. The van der Waals surface area contributed by atoms with E-state index in [2.05, 4.69) is 14.8 Å². The summed E-state index contributed by atoms with van der Waals surface area (Å²) in [5.74, 6) is -0.117. The van der Waals surface area contributed by atoms with Crippen LogP contribution in [-0.2, 0) is 6.42 Å². The standard InChI is InChI=1S/C29H18N6O6/c1-31-27-14-24(35(40)41)5-7-26(27)33-17-22-12-19(3-9-29(22)37)10-18-2-8-28(36)21(11-18)16-32-25-6-4-23(34(38)39)13-20(25)15-30/h2-9,11-14,16-17,36-37H,10H2. The van der Waals surface area contributed by atoms with Gasteiger partial charge < -0.3 is 10.2 Å². The van der Waals surface area contributed by atoms with Gasteiger partial charge in [-0.15, -0.1) is 0 Å². The first-order valence-corrected chi connectivity index (χ1v) is 11.7. The second-order valence-electron chi connectivity index (χ2n) is 8.59. The molecule has 0 aliphatic carbocycles. The summed E-state index contributed by atoms with van der Waals surface area (Å²) in [6.07, 6.45) is 3.11. The molecule has 41 heavy (non-hydrogen) atoms. The predicted octanol–water partition coefficient (Wildman–Crippen LogP) is 6.43. The van der Waals surface area contributed by atoms with Gasteiger partial charge in [0.05, 0.1) is 33.4 Å². The Balaban J connectivity index is 1.57. The Morgan fingerprint density at radius 2 is 1.32 bits per heavy atom. The van der Waals surface area contributed by atoms with Gasteiger partial charge in [0, 0.05) is 47.8 Å². The summed E-state index contributed by atoms with van der Waals surface area (Å²) in [7, 11) is 0. The first-order chi connectivity index (χ1) is 19.7. The van der Waals surface area contributed by atoms with Crippen molar-refractivity contribution >= 4 is 40.9 Å². The minimum absolute atomic E-state index is 0.00000207. The first-order valence-electron chi connectivity index (χ1n) is 11.7. The van der Waals surface area contributed by atoms with Crippen molar-refractivity contribution in [3.63, 3.8) is 0 Å². The van der Waals surface area contributed by atoms with Crippen LogP contribution < -0.4 is 0 Å². The van der Waals surface area contributed by atoms with Crippen LogP contribution in [-0.4, -0.2) is 32.5 Å². The number of aromatic hydroxyl groups is 2. The topological polar surface area (TPSA) is 180 Å². The fourth-order valence-electron chi connectivity index (χ4n) is 3.81. The van der Waals surface area contributed by atoms with Crippen LogP contribution in [0.1, 0.15) is 27.8 Å². The third-order valence-electron chi connectivity index (χ3n) is 5.88. The van der Waals surface area contributed by atoms with Crippen LogP contribution in [0.4, 0.5) is 28.4 Å². The zero-order valence-corrected chi connectivity index (χ0v) is 21.0. The van der Waals surface area contributed by atoms with Crippen LogP contribution in [0.3, 0.4) is 0 Å². The van der Waals surface area contributed by atoms with E-state index in [-0.39, 0.29) is 45.5 Å². The number of aliphatic imine (C=N–C) groups is 2. The Bertz CT molecular complexity index is 1700. The SMILES string of the molecule is [C-]#[N+]c1cc([N+](=O)[O-])ccc1N=Cc1cc(Cc2ccc(O)c(C=Nc3ccc([N+](=O)[O-])cc3C#N)c2)ccc1O. The van der Waals surface area contributed by atoms with E-state index in [9.17, 15) is 35.7 Å². The summed E-state index contributed by atoms with van der Waals surface area (Å²) in [6, 6.07) is 19.1. The number of non-ortho nitro benzene ring substituents is 2. The average molecular weight is 546 g/mol. The van der Waals surface area contributed by atoms with Gasteiger partial charge in [-0.05, 0) is 53.9 Å². The molecule has 12 nitrogen and oxygen atoms in total. The Kier molecular flexibility index (Phi) is 8.07. The van der Waals surface area contributed by atoms with Crippen molar-refractivity contribution in [3.8, 4) is 17.6 Å². The fraction of sp³-hybridized carbons (Fsp3) is 0.0345. The highest BCUT2D eigenvalue weighted by Gasteiger charge is 2.12. The Hall–Kier alpha value is -6.40. The lowest BCUT2D eigenvalue weighted by Gasteiger charge is -2.07. The fourth-order valence-corrected chi connectivity index (χ4v) is 3.81. The van der Waals surface area contributed by atoms with Gasteiger partial charge in [-0.1, -0.05) is 12.1 Å². The molecule has 0 unspecified atom stereocenters. The molecule has 0 saturated carbocycles. The van der Waals surface area contributed by atoms with Gasteiger partial charge in [0.2, 0.25) is 5.69 Å². The van der Waals surface area contributed by atoms with Crippen molar-refractivity contribution in [2.75, 3.05) is 0 Å². The summed E-state index contributed by atoms with van der Waals surface area (Å²) in [4.78, 5) is 32.5. The van der Waals surface area contributed by atoms with Crippen LogP contribution in [0.2, 0.25) is 0 Å². The number of nitriles is 1. The monoisotopic (exact) mass is 546 g/mol. The van der Waals surface area contributed by atoms with E-state index in [1.807, 2.05) is 6.07 Å². The van der Waals surface area contributed by atoms with Gasteiger partial charge in [-0.2, -0.15) is 5.26 Å². The third kappa shape index (κ3) is 6.54. The molecule has 200 valence electrons. The van der Waals surface area contributed by atoms with Gasteiger partial charge >= 0.3 is 0 Å². The molecule has 12 heteroatoms. The zero-order valence-electron chi connectivity index (χ0n) is 21.0. The minimum atomic E-state index is -0.607. The molecule has 0 heterocycles. The van der Waals surface area contributed by atoms with E-state index in [0.717, 1.165) is 23.3 Å². The molecular formula is C29H18N6O6. The minimum Gasteiger partial charge on any atom is -0.507 e. The highest BCUT2D eigenvalue weighted by Crippen LogP contribution is 2.32. The molecule has 4 aromatic carbocycles. The number of nitro benzene ring substituents is 2. The average Bonchev–Trinajstić information content (AvgIpc) is 2.97. The Morgan fingerprint density at radius 3 is 1.83 bits per heavy atom. The first kappa shape index (κ1) is 27.6. The highest BCUT2D eigenvalue weighted by molar-refractivity contribution is 5.88. The summed E-state index contributed by atoms with van der Waals surface area (Å²) in [6.45, 7) is 7.28. The maximum atomic E-state index is 11.0. The van der Waals surface area contributed by atoms with Crippen molar-refractivity contribution in [2.45, 2.75) is 6.42 Å². The van der Waals surface area contributed by atoms with Crippen molar-refractivity contribution < 1.29 is 20.1 Å². The number of benzene rings is 4. The molecule has 0 atom stereocenters. The molecule has 2 N–H and O–H groups in total. The van der Waals surface area contributed by atoms with Crippen LogP contribution in [0.5, 0.6) is 11.5 Å². The van der Waals surface area contributed by atoms with Gasteiger partial charge in [0.15, 0.2) is 0 Å². The lowest BCUT2D eigenvalue weighted by Crippen LogP contribution is -1.93. The Morgan fingerprint density at radius 1 is 0.805 bits per heavy atom. The summed E-state index contributed by atoms with van der Waals surface area (Å²) in [5.41, 5.74) is 2.27. The van der Waals surface area contributed by atoms with Crippen LogP contribution in [0, 0.1) is 38.1 Å². The van der Waals surface area contributed by atoms with E-state index in [1.165, 1.54) is 48.8 Å². The molecule has 0 bridgehead atoms. The number of nitro groups is 2. The van der Waals surface area contributed by atoms with Crippen molar-refractivity contribution in [3.05, 3.63) is 132 Å². The molecular weight excluding hydrogens is 528 g/mol. The number of hydrogen-bond donors (Lipinski definition) is 2. The molecule has 0 radical (unpaired) electrons. The Labute approximate surface area is 232 Å². The van der Waals surface area contributed by atoms with Crippen molar-refractivity contribution in [1.29, 1.82) is 5.26 Å².